The molecule has 1 atom stereocenters. The number of rotatable bonds is 6. The molecule has 1 aromatic heterocycles. The van der Waals surface area contributed by atoms with E-state index in [1.54, 1.807) is 10.6 Å². The zero-order chi connectivity index (χ0) is 22.7. The van der Waals surface area contributed by atoms with Crippen LogP contribution in [-0.2, 0) is 11.3 Å². The zero-order valence-corrected chi connectivity index (χ0v) is 19.1. The van der Waals surface area contributed by atoms with Crippen LogP contribution in [0.4, 0.5) is 5.69 Å². The molecule has 4 aromatic rings. The van der Waals surface area contributed by atoms with Crippen LogP contribution >= 0.6 is 11.8 Å². The van der Waals surface area contributed by atoms with Crippen molar-refractivity contribution in [2.45, 2.75) is 37.7 Å². The Hall–Kier alpha value is -3.38. The minimum atomic E-state index is -0.568. The van der Waals surface area contributed by atoms with Crippen LogP contribution in [0.5, 0.6) is 0 Å². The lowest BCUT2D eigenvalue weighted by Gasteiger charge is -2.20. The highest BCUT2D eigenvalue weighted by molar-refractivity contribution is 8.00. The lowest BCUT2D eigenvalue weighted by atomic mass is 10.1. The van der Waals surface area contributed by atoms with Crippen LogP contribution in [0.3, 0.4) is 0 Å². The second kappa shape index (κ2) is 9.40. The normalized spacial score (nSPS) is 12.0. The Kier molecular flexibility index (Phi) is 6.42. The molecule has 0 aliphatic heterocycles. The Morgan fingerprint density at radius 2 is 1.75 bits per heavy atom. The number of amides is 1. The summed E-state index contributed by atoms with van der Waals surface area (Å²) in [6.07, 6.45) is 0. The average molecular weight is 444 g/mol. The van der Waals surface area contributed by atoms with Crippen LogP contribution in [0.15, 0.2) is 82.7 Å². The molecule has 162 valence electrons. The van der Waals surface area contributed by atoms with Gasteiger partial charge in [0.25, 0.3) is 5.56 Å². The summed E-state index contributed by atoms with van der Waals surface area (Å²) in [5.74, 6) is -0.153. The van der Waals surface area contributed by atoms with Crippen LogP contribution in [0, 0.1) is 13.8 Å². The molecule has 0 radical (unpaired) electrons. The van der Waals surface area contributed by atoms with Gasteiger partial charge in [-0.05, 0) is 55.7 Å². The highest BCUT2D eigenvalue weighted by Gasteiger charge is 2.25. The zero-order valence-electron chi connectivity index (χ0n) is 18.3. The Bertz CT molecular complexity index is 1330. The minimum absolute atomic E-state index is 0.0950. The number of nitrogens with zero attached hydrogens (tertiary/aromatic N) is 2. The van der Waals surface area contributed by atoms with Crippen LogP contribution < -0.4 is 10.9 Å². The molecule has 0 spiro atoms. The molecular weight excluding hydrogens is 418 g/mol. The number of thioether (sulfide) groups is 1. The molecule has 6 heteroatoms. The van der Waals surface area contributed by atoms with Gasteiger partial charge in [-0.3, -0.25) is 14.2 Å². The molecule has 0 bridgehead atoms. The van der Waals surface area contributed by atoms with E-state index in [4.69, 9.17) is 4.98 Å². The number of carbonyl (C=O) groups is 1. The summed E-state index contributed by atoms with van der Waals surface area (Å²) >= 11 is 1.30. The van der Waals surface area contributed by atoms with E-state index < -0.39 is 5.25 Å². The molecule has 0 saturated heterocycles. The molecule has 3 aromatic carbocycles. The van der Waals surface area contributed by atoms with Crippen molar-refractivity contribution in [1.82, 2.24) is 9.55 Å². The van der Waals surface area contributed by atoms with E-state index in [0.717, 1.165) is 22.4 Å². The Labute approximate surface area is 191 Å². The molecule has 0 aliphatic carbocycles. The lowest BCUT2D eigenvalue weighted by Crippen LogP contribution is -2.25. The van der Waals surface area contributed by atoms with Gasteiger partial charge in [-0.2, -0.15) is 0 Å². The number of para-hydroxylation sites is 1. The third kappa shape index (κ3) is 4.46. The summed E-state index contributed by atoms with van der Waals surface area (Å²) in [6, 6.07) is 22.9. The summed E-state index contributed by atoms with van der Waals surface area (Å²) in [5, 5.41) is 3.62. The molecule has 32 heavy (non-hydrogen) atoms. The first-order valence-corrected chi connectivity index (χ1v) is 11.4. The standard InChI is InChI=1S/C26H25N3O2S/c1-4-29-25(31)20-12-8-9-13-21(20)28-26(29)32-23(19-10-6-5-7-11-19)24(30)27-22-16-17(2)14-15-18(22)3/h5-16,23H,4H2,1-3H3,(H,27,30). The number of hydrogen-bond acceptors (Lipinski definition) is 4. The molecule has 1 heterocycles. The Morgan fingerprint density at radius 3 is 2.50 bits per heavy atom. The maximum absolute atomic E-state index is 13.5. The van der Waals surface area contributed by atoms with Crippen molar-refractivity contribution in [2.75, 3.05) is 5.32 Å². The van der Waals surface area contributed by atoms with Crippen molar-refractivity contribution in [2.24, 2.45) is 0 Å². The van der Waals surface area contributed by atoms with Gasteiger partial charge >= 0.3 is 0 Å². The summed E-state index contributed by atoms with van der Waals surface area (Å²) < 4.78 is 1.63. The van der Waals surface area contributed by atoms with E-state index in [0.29, 0.717) is 22.6 Å². The summed E-state index contributed by atoms with van der Waals surface area (Å²) in [7, 11) is 0. The number of anilines is 1. The molecule has 5 nitrogen and oxygen atoms in total. The van der Waals surface area contributed by atoms with Gasteiger partial charge in [0.15, 0.2) is 5.16 Å². The first-order valence-electron chi connectivity index (χ1n) is 10.6. The predicted molar refractivity (Wildman–Crippen MR) is 131 cm³/mol. The molecule has 1 amide bonds. The van der Waals surface area contributed by atoms with E-state index >= 15 is 0 Å². The molecule has 0 aliphatic rings. The smallest absolute Gasteiger partial charge is 0.262 e. The van der Waals surface area contributed by atoms with Crippen molar-refractivity contribution >= 4 is 34.3 Å². The first kappa shape index (κ1) is 21.8. The minimum Gasteiger partial charge on any atom is -0.325 e. The SMILES string of the molecule is CCn1c(SC(C(=O)Nc2cc(C)ccc2C)c2ccccc2)nc2ccccc2c1=O. The fourth-order valence-corrected chi connectivity index (χ4v) is 4.75. The summed E-state index contributed by atoms with van der Waals surface area (Å²) in [6.45, 7) is 6.35. The van der Waals surface area contributed by atoms with E-state index in [-0.39, 0.29) is 11.5 Å². The molecule has 1 N–H and O–H groups in total. The highest BCUT2D eigenvalue weighted by atomic mass is 32.2. The fourth-order valence-electron chi connectivity index (χ4n) is 3.59. The van der Waals surface area contributed by atoms with Crippen LogP contribution in [0.25, 0.3) is 10.9 Å². The van der Waals surface area contributed by atoms with Gasteiger partial charge < -0.3 is 5.32 Å². The summed E-state index contributed by atoms with van der Waals surface area (Å²) in [5.41, 5.74) is 4.25. The Morgan fingerprint density at radius 1 is 1.03 bits per heavy atom. The van der Waals surface area contributed by atoms with Crippen molar-refractivity contribution in [3.8, 4) is 0 Å². The van der Waals surface area contributed by atoms with Crippen LogP contribution in [0.2, 0.25) is 0 Å². The maximum Gasteiger partial charge on any atom is 0.262 e. The summed E-state index contributed by atoms with van der Waals surface area (Å²) in [4.78, 5) is 31.3. The average Bonchev–Trinajstić information content (AvgIpc) is 2.80. The first-order chi connectivity index (χ1) is 15.5. The number of hydrogen-bond donors (Lipinski definition) is 1. The van der Waals surface area contributed by atoms with Gasteiger partial charge in [0.2, 0.25) is 5.91 Å². The Balaban J connectivity index is 1.76. The molecule has 0 fully saturated rings. The fraction of sp³-hybridized carbons (Fsp3) is 0.192. The van der Waals surface area contributed by atoms with Gasteiger partial charge in [0.05, 0.1) is 10.9 Å². The van der Waals surface area contributed by atoms with Crippen molar-refractivity contribution in [3.63, 3.8) is 0 Å². The van der Waals surface area contributed by atoms with E-state index in [2.05, 4.69) is 5.32 Å². The third-order valence-corrected chi connectivity index (χ3v) is 6.60. The monoisotopic (exact) mass is 443 g/mol. The third-order valence-electron chi connectivity index (χ3n) is 5.36. The number of aryl methyl sites for hydroxylation is 2. The second-order valence-corrected chi connectivity index (χ2v) is 8.75. The van der Waals surface area contributed by atoms with Crippen molar-refractivity contribution < 1.29 is 4.79 Å². The highest BCUT2D eigenvalue weighted by Crippen LogP contribution is 2.36. The van der Waals surface area contributed by atoms with Gasteiger partial charge in [0.1, 0.15) is 5.25 Å². The number of aromatic nitrogens is 2. The van der Waals surface area contributed by atoms with E-state index in [1.807, 2.05) is 87.5 Å². The predicted octanol–water partition coefficient (Wildman–Crippen LogP) is 5.51. The van der Waals surface area contributed by atoms with Crippen molar-refractivity contribution in [3.05, 3.63) is 99.8 Å². The van der Waals surface area contributed by atoms with Gasteiger partial charge in [-0.15, -0.1) is 0 Å². The topological polar surface area (TPSA) is 64.0 Å². The lowest BCUT2D eigenvalue weighted by molar-refractivity contribution is -0.115. The maximum atomic E-state index is 13.5. The number of fused-ring (bicyclic) bond motifs is 1. The van der Waals surface area contributed by atoms with Crippen LogP contribution in [-0.4, -0.2) is 15.5 Å². The van der Waals surface area contributed by atoms with E-state index in [9.17, 15) is 9.59 Å². The van der Waals surface area contributed by atoms with Gasteiger partial charge in [0, 0.05) is 12.2 Å². The van der Waals surface area contributed by atoms with E-state index in [1.165, 1.54) is 11.8 Å². The second-order valence-electron chi connectivity index (χ2n) is 7.68. The van der Waals surface area contributed by atoms with Crippen molar-refractivity contribution in [1.29, 1.82) is 0 Å². The number of nitrogens with one attached hydrogen (secondary N) is 1. The van der Waals surface area contributed by atoms with Crippen LogP contribution in [0.1, 0.15) is 28.9 Å². The van der Waals surface area contributed by atoms with Gasteiger partial charge in [-0.1, -0.05) is 66.4 Å². The quantitative estimate of drug-likeness (QED) is 0.315. The molecule has 0 saturated carbocycles. The number of carbonyl (C=O) groups excluding carboxylic acids is 1. The number of benzene rings is 3. The molecule has 4 rings (SSSR count). The van der Waals surface area contributed by atoms with Gasteiger partial charge in [-0.25, -0.2) is 4.98 Å². The largest absolute Gasteiger partial charge is 0.325 e. The molecule has 1 unspecified atom stereocenters. The molecular formula is C26H25N3O2S.